The number of nitrogens with zero attached hydrogens (tertiary/aromatic N) is 2. The van der Waals surface area contributed by atoms with Gasteiger partial charge in [-0.15, -0.1) is 0 Å². The molecular weight excluding hydrogens is 252 g/mol. The van der Waals surface area contributed by atoms with Crippen molar-refractivity contribution in [2.24, 2.45) is 0 Å². The standard InChI is InChI=1S/C15H12N4O/c16-14-6-5-10(9-18-14)19-15(20)12-7-8-17-13-4-2-1-3-11(12)13/h1-9H,(H2,16,18)(H,19,20). The van der Waals surface area contributed by atoms with E-state index in [1.807, 2.05) is 24.3 Å². The molecule has 3 aromatic rings. The van der Waals surface area contributed by atoms with Crippen molar-refractivity contribution in [3.63, 3.8) is 0 Å². The van der Waals surface area contributed by atoms with Crippen molar-refractivity contribution < 1.29 is 4.79 Å². The lowest BCUT2D eigenvalue weighted by atomic mass is 10.1. The Morgan fingerprint density at radius 3 is 2.70 bits per heavy atom. The van der Waals surface area contributed by atoms with Crippen LogP contribution in [0.3, 0.4) is 0 Å². The van der Waals surface area contributed by atoms with Gasteiger partial charge in [0, 0.05) is 11.6 Å². The molecule has 5 heteroatoms. The van der Waals surface area contributed by atoms with E-state index in [9.17, 15) is 4.79 Å². The number of nitrogens with two attached hydrogens (primary N) is 1. The smallest absolute Gasteiger partial charge is 0.256 e. The lowest BCUT2D eigenvalue weighted by molar-refractivity contribution is 0.102. The Morgan fingerprint density at radius 2 is 1.90 bits per heavy atom. The maximum Gasteiger partial charge on any atom is 0.256 e. The van der Waals surface area contributed by atoms with E-state index >= 15 is 0 Å². The normalized spacial score (nSPS) is 10.4. The lowest BCUT2D eigenvalue weighted by Crippen LogP contribution is -2.12. The number of anilines is 2. The number of pyridine rings is 2. The monoisotopic (exact) mass is 264 g/mol. The lowest BCUT2D eigenvalue weighted by Gasteiger charge is -2.07. The van der Waals surface area contributed by atoms with Crippen molar-refractivity contribution >= 4 is 28.3 Å². The van der Waals surface area contributed by atoms with E-state index in [1.165, 1.54) is 6.20 Å². The van der Waals surface area contributed by atoms with Crippen LogP contribution in [0.5, 0.6) is 0 Å². The van der Waals surface area contributed by atoms with Crippen LogP contribution in [0.1, 0.15) is 10.4 Å². The highest BCUT2D eigenvalue weighted by Gasteiger charge is 2.10. The fraction of sp³-hybridized carbons (Fsp3) is 0. The number of nitrogens with one attached hydrogen (secondary N) is 1. The second-order valence-electron chi connectivity index (χ2n) is 4.30. The number of hydrogen-bond donors (Lipinski definition) is 2. The first-order valence-corrected chi connectivity index (χ1v) is 6.11. The minimum atomic E-state index is -0.199. The molecular formula is C15H12N4O. The van der Waals surface area contributed by atoms with Gasteiger partial charge in [0.2, 0.25) is 0 Å². The van der Waals surface area contributed by atoms with Gasteiger partial charge in [-0.2, -0.15) is 0 Å². The Kier molecular flexibility index (Phi) is 3.01. The third-order valence-corrected chi connectivity index (χ3v) is 2.94. The maximum absolute atomic E-state index is 12.3. The number of hydrogen-bond acceptors (Lipinski definition) is 4. The summed E-state index contributed by atoms with van der Waals surface area (Å²) < 4.78 is 0. The third kappa shape index (κ3) is 2.29. The minimum Gasteiger partial charge on any atom is -0.384 e. The molecule has 1 amide bonds. The highest BCUT2D eigenvalue weighted by molar-refractivity contribution is 6.12. The molecule has 2 heterocycles. The highest BCUT2D eigenvalue weighted by atomic mass is 16.1. The Bertz CT molecular complexity index is 763. The molecule has 20 heavy (non-hydrogen) atoms. The molecule has 2 aromatic heterocycles. The number of carbonyl (C=O) groups is 1. The molecule has 0 aliphatic heterocycles. The quantitative estimate of drug-likeness (QED) is 0.745. The molecule has 3 rings (SSSR count). The van der Waals surface area contributed by atoms with Gasteiger partial charge in [0.05, 0.1) is 23.0 Å². The van der Waals surface area contributed by atoms with Crippen molar-refractivity contribution in [3.05, 3.63) is 60.4 Å². The predicted molar refractivity (Wildman–Crippen MR) is 78.3 cm³/mol. The number of benzene rings is 1. The van der Waals surface area contributed by atoms with E-state index in [-0.39, 0.29) is 5.91 Å². The first-order valence-electron chi connectivity index (χ1n) is 6.11. The molecule has 0 saturated carbocycles. The summed E-state index contributed by atoms with van der Waals surface area (Å²) in [5.41, 5.74) is 7.48. The topological polar surface area (TPSA) is 80.9 Å². The molecule has 1 aromatic carbocycles. The van der Waals surface area contributed by atoms with Crippen LogP contribution in [0, 0.1) is 0 Å². The Labute approximate surface area is 115 Å². The highest BCUT2D eigenvalue weighted by Crippen LogP contribution is 2.17. The number of fused-ring (bicyclic) bond motifs is 1. The molecule has 5 nitrogen and oxygen atoms in total. The molecule has 0 bridgehead atoms. The molecule has 0 saturated heterocycles. The van der Waals surface area contributed by atoms with Gasteiger partial charge in [-0.05, 0) is 24.3 Å². The number of para-hydroxylation sites is 1. The molecule has 0 spiro atoms. The van der Waals surface area contributed by atoms with Crippen LogP contribution in [-0.4, -0.2) is 15.9 Å². The number of aromatic nitrogens is 2. The second-order valence-corrected chi connectivity index (χ2v) is 4.30. The summed E-state index contributed by atoms with van der Waals surface area (Å²) >= 11 is 0. The summed E-state index contributed by atoms with van der Waals surface area (Å²) in [6.45, 7) is 0. The molecule has 0 unspecified atom stereocenters. The number of carbonyl (C=O) groups excluding carboxylic acids is 1. The fourth-order valence-corrected chi connectivity index (χ4v) is 1.97. The van der Waals surface area contributed by atoms with Crippen molar-refractivity contribution in [2.75, 3.05) is 11.1 Å². The van der Waals surface area contributed by atoms with Crippen LogP contribution >= 0.6 is 0 Å². The van der Waals surface area contributed by atoms with Crippen molar-refractivity contribution in [1.29, 1.82) is 0 Å². The largest absolute Gasteiger partial charge is 0.384 e. The van der Waals surface area contributed by atoms with Gasteiger partial charge in [-0.25, -0.2) is 4.98 Å². The molecule has 3 N–H and O–H groups in total. The minimum absolute atomic E-state index is 0.199. The van der Waals surface area contributed by atoms with Crippen LogP contribution in [0.25, 0.3) is 10.9 Å². The van der Waals surface area contributed by atoms with Crippen LogP contribution in [0.2, 0.25) is 0 Å². The van der Waals surface area contributed by atoms with Gasteiger partial charge in [0.25, 0.3) is 5.91 Å². The molecule has 98 valence electrons. The Morgan fingerprint density at radius 1 is 1.05 bits per heavy atom. The van der Waals surface area contributed by atoms with Crippen molar-refractivity contribution in [1.82, 2.24) is 9.97 Å². The van der Waals surface area contributed by atoms with Gasteiger partial charge in [-0.3, -0.25) is 9.78 Å². The van der Waals surface area contributed by atoms with Crippen molar-refractivity contribution in [2.45, 2.75) is 0 Å². The maximum atomic E-state index is 12.3. The van der Waals surface area contributed by atoms with E-state index in [0.29, 0.717) is 17.1 Å². The van der Waals surface area contributed by atoms with Gasteiger partial charge >= 0.3 is 0 Å². The average Bonchev–Trinajstić information content (AvgIpc) is 2.49. The van der Waals surface area contributed by atoms with Gasteiger partial charge < -0.3 is 11.1 Å². The zero-order chi connectivity index (χ0) is 13.9. The van der Waals surface area contributed by atoms with Gasteiger partial charge in [0.1, 0.15) is 5.82 Å². The first kappa shape index (κ1) is 12.1. The van der Waals surface area contributed by atoms with Gasteiger partial charge in [-0.1, -0.05) is 18.2 Å². The van der Waals surface area contributed by atoms with Crippen LogP contribution in [0.4, 0.5) is 11.5 Å². The number of nitrogen functional groups attached to an aromatic ring is 1. The molecule has 0 fully saturated rings. The molecule has 0 atom stereocenters. The first-order chi connectivity index (χ1) is 9.74. The molecule has 0 aliphatic rings. The van der Waals surface area contributed by atoms with Crippen LogP contribution in [0.15, 0.2) is 54.9 Å². The summed E-state index contributed by atoms with van der Waals surface area (Å²) in [4.78, 5) is 20.5. The van der Waals surface area contributed by atoms with Gasteiger partial charge in [0.15, 0.2) is 0 Å². The Hall–Kier alpha value is -2.95. The molecule has 0 aliphatic carbocycles. The summed E-state index contributed by atoms with van der Waals surface area (Å²) in [5, 5.41) is 3.61. The number of amides is 1. The average molecular weight is 264 g/mol. The third-order valence-electron chi connectivity index (χ3n) is 2.94. The van der Waals surface area contributed by atoms with Crippen molar-refractivity contribution in [3.8, 4) is 0 Å². The SMILES string of the molecule is Nc1ccc(NC(=O)c2ccnc3ccccc23)cn1. The Balaban J connectivity index is 1.94. The zero-order valence-electron chi connectivity index (χ0n) is 10.6. The summed E-state index contributed by atoms with van der Waals surface area (Å²) in [6, 6.07) is 12.6. The van der Waals surface area contributed by atoms with Crippen LogP contribution in [-0.2, 0) is 0 Å². The fourth-order valence-electron chi connectivity index (χ4n) is 1.97. The van der Waals surface area contributed by atoms with E-state index in [0.717, 1.165) is 10.9 Å². The molecule has 0 radical (unpaired) electrons. The van der Waals surface area contributed by atoms with E-state index < -0.39 is 0 Å². The predicted octanol–water partition coefficient (Wildman–Crippen LogP) is 2.46. The number of rotatable bonds is 2. The summed E-state index contributed by atoms with van der Waals surface area (Å²) in [6.07, 6.45) is 3.15. The second kappa shape index (κ2) is 4.97. The van der Waals surface area contributed by atoms with E-state index in [2.05, 4.69) is 15.3 Å². The summed E-state index contributed by atoms with van der Waals surface area (Å²) in [7, 11) is 0. The van der Waals surface area contributed by atoms with Crippen LogP contribution < -0.4 is 11.1 Å². The zero-order valence-corrected chi connectivity index (χ0v) is 10.6. The van der Waals surface area contributed by atoms with E-state index in [1.54, 1.807) is 24.4 Å². The van der Waals surface area contributed by atoms with E-state index in [4.69, 9.17) is 5.73 Å². The summed E-state index contributed by atoms with van der Waals surface area (Å²) in [5.74, 6) is 0.215.